The number of halogens is 1. The Morgan fingerprint density at radius 3 is 2.79 bits per heavy atom. The number of nitrogens with zero attached hydrogens (tertiary/aromatic N) is 1. The Labute approximate surface area is 115 Å². The van der Waals surface area contributed by atoms with Crippen molar-refractivity contribution in [2.75, 3.05) is 11.1 Å². The normalized spacial score (nSPS) is 10.7. The highest BCUT2D eigenvalue weighted by Crippen LogP contribution is 2.26. The van der Waals surface area contributed by atoms with Crippen LogP contribution in [0.15, 0.2) is 29.1 Å². The number of H-pyrrole nitrogens is 1. The van der Waals surface area contributed by atoms with E-state index < -0.39 is 0 Å². The van der Waals surface area contributed by atoms with Gasteiger partial charge >= 0.3 is 0 Å². The van der Waals surface area contributed by atoms with Gasteiger partial charge in [0.25, 0.3) is 5.56 Å². The molecule has 2 aromatic rings. The van der Waals surface area contributed by atoms with Crippen LogP contribution in [-0.2, 0) is 0 Å². The second kappa shape index (κ2) is 5.32. The highest BCUT2D eigenvalue weighted by atomic mass is 35.5. The standard InChI is InChI=1S/C13H15ClN4O/c1-7(2)13-17-11(6-12(19)18-13)16-10-5-8(15)3-4-9(10)14/h3-7H,15H2,1-2H3,(H2,16,17,18,19). The summed E-state index contributed by atoms with van der Waals surface area (Å²) in [6.45, 7) is 3.91. The van der Waals surface area contributed by atoms with E-state index in [2.05, 4.69) is 15.3 Å². The molecule has 0 aliphatic carbocycles. The summed E-state index contributed by atoms with van der Waals surface area (Å²) < 4.78 is 0. The number of hydrogen-bond acceptors (Lipinski definition) is 4. The summed E-state index contributed by atoms with van der Waals surface area (Å²) in [5.74, 6) is 1.20. The van der Waals surface area contributed by atoms with Gasteiger partial charge in [-0.15, -0.1) is 0 Å². The Morgan fingerprint density at radius 2 is 2.11 bits per heavy atom. The van der Waals surface area contributed by atoms with Gasteiger partial charge in [-0.25, -0.2) is 4.98 Å². The third kappa shape index (κ3) is 3.26. The minimum atomic E-state index is -0.207. The molecule has 19 heavy (non-hydrogen) atoms. The molecular formula is C13H15ClN4O. The molecular weight excluding hydrogens is 264 g/mol. The van der Waals surface area contributed by atoms with Gasteiger partial charge in [0.15, 0.2) is 0 Å². The fraction of sp³-hybridized carbons (Fsp3) is 0.231. The monoisotopic (exact) mass is 278 g/mol. The van der Waals surface area contributed by atoms with Crippen LogP contribution in [0.25, 0.3) is 0 Å². The number of nitrogen functional groups attached to an aromatic ring is 1. The molecule has 1 aromatic carbocycles. The van der Waals surface area contributed by atoms with Crippen molar-refractivity contribution in [1.29, 1.82) is 0 Å². The number of benzene rings is 1. The Bertz CT molecular complexity index is 651. The molecule has 5 nitrogen and oxygen atoms in total. The molecule has 0 spiro atoms. The lowest BCUT2D eigenvalue weighted by atomic mass is 10.2. The second-order valence-corrected chi connectivity index (χ2v) is 4.94. The average Bonchev–Trinajstić information content (AvgIpc) is 2.33. The lowest BCUT2D eigenvalue weighted by molar-refractivity contribution is 0.769. The van der Waals surface area contributed by atoms with Gasteiger partial charge in [-0.1, -0.05) is 25.4 Å². The highest BCUT2D eigenvalue weighted by Gasteiger charge is 2.07. The van der Waals surface area contributed by atoms with Crippen molar-refractivity contribution in [2.24, 2.45) is 0 Å². The maximum Gasteiger partial charge on any atom is 0.252 e. The zero-order valence-electron chi connectivity index (χ0n) is 10.7. The number of aromatic nitrogens is 2. The summed E-state index contributed by atoms with van der Waals surface area (Å²) >= 11 is 6.06. The average molecular weight is 279 g/mol. The molecule has 4 N–H and O–H groups in total. The first-order valence-corrected chi connectivity index (χ1v) is 6.27. The molecule has 1 heterocycles. The largest absolute Gasteiger partial charge is 0.399 e. The van der Waals surface area contributed by atoms with Crippen LogP contribution in [0.5, 0.6) is 0 Å². The number of hydrogen-bond donors (Lipinski definition) is 3. The smallest absolute Gasteiger partial charge is 0.252 e. The summed E-state index contributed by atoms with van der Waals surface area (Å²) in [6, 6.07) is 6.47. The van der Waals surface area contributed by atoms with Gasteiger partial charge in [-0.2, -0.15) is 0 Å². The third-order valence-electron chi connectivity index (χ3n) is 2.56. The second-order valence-electron chi connectivity index (χ2n) is 4.53. The van der Waals surface area contributed by atoms with Crippen LogP contribution < -0.4 is 16.6 Å². The van der Waals surface area contributed by atoms with Crippen molar-refractivity contribution in [3.63, 3.8) is 0 Å². The zero-order valence-corrected chi connectivity index (χ0v) is 11.5. The van der Waals surface area contributed by atoms with Gasteiger partial charge in [-0.05, 0) is 18.2 Å². The summed E-state index contributed by atoms with van der Waals surface area (Å²) in [4.78, 5) is 18.6. The molecule has 0 fully saturated rings. The molecule has 0 bridgehead atoms. The van der Waals surface area contributed by atoms with Crippen LogP contribution in [0.3, 0.4) is 0 Å². The minimum Gasteiger partial charge on any atom is -0.399 e. The molecule has 1 aromatic heterocycles. The van der Waals surface area contributed by atoms with Gasteiger partial charge in [0.1, 0.15) is 11.6 Å². The lowest BCUT2D eigenvalue weighted by Gasteiger charge is -2.10. The molecule has 0 aliphatic rings. The molecule has 6 heteroatoms. The summed E-state index contributed by atoms with van der Waals surface area (Å²) in [6.07, 6.45) is 0. The van der Waals surface area contributed by atoms with Crippen LogP contribution in [0.4, 0.5) is 17.2 Å². The van der Waals surface area contributed by atoms with E-state index >= 15 is 0 Å². The van der Waals surface area contributed by atoms with Crippen molar-refractivity contribution in [3.05, 3.63) is 45.5 Å². The highest BCUT2D eigenvalue weighted by molar-refractivity contribution is 6.33. The van der Waals surface area contributed by atoms with E-state index in [1.54, 1.807) is 18.2 Å². The van der Waals surface area contributed by atoms with Crippen molar-refractivity contribution < 1.29 is 0 Å². The number of anilines is 3. The van der Waals surface area contributed by atoms with E-state index in [-0.39, 0.29) is 11.5 Å². The molecule has 0 radical (unpaired) electrons. The molecule has 2 rings (SSSR count). The van der Waals surface area contributed by atoms with E-state index in [4.69, 9.17) is 17.3 Å². The van der Waals surface area contributed by atoms with Gasteiger partial charge in [-0.3, -0.25) is 4.79 Å². The predicted octanol–water partition coefficient (Wildman–Crippen LogP) is 2.87. The van der Waals surface area contributed by atoms with Gasteiger partial charge in [0.2, 0.25) is 0 Å². The quantitative estimate of drug-likeness (QED) is 0.754. The fourth-order valence-electron chi connectivity index (χ4n) is 1.59. The number of nitrogens with two attached hydrogens (primary N) is 1. The Kier molecular flexibility index (Phi) is 3.76. The fourth-order valence-corrected chi connectivity index (χ4v) is 1.76. The summed E-state index contributed by atoms with van der Waals surface area (Å²) in [5, 5.41) is 3.52. The van der Waals surface area contributed by atoms with Crippen LogP contribution in [0.2, 0.25) is 5.02 Å². The summed E-state index contributed by atoms with van der Waals surface area (Å²) in [5.41, 5.74) is 6.70. The van der Waals surface area contributed by atoms with Crippen molar-refractivity contribution in [2.45, 2.75) is 19.8 Å². The Morgan fingerprint density at radius 1 is 1.37 bits per heavy atom. The first kappa shape index (κ1) is 13.4. The molecule has 100 valence electrons. The third-order valence-corrected chi connectivity index (χ3v) is 2.89. The van der Waals surface area contributed by atoms with Gasteiger partial charge < -0.3 is 16.0 Å². The lowest BCUT2D eigenvalue weighted by Crippen LogP contribution is -2.13. The van der Waals surface area contributed by atoms with Crippen LogP contribution in [0.1, 0.15) is 25.6 Å². The van der Waals surface area contributed by atoms with Gasteiger partial charge in [0, 0.05) is 17.7 Å². The summed E-state index contributed by atoms with van der Waals surface area (Å²) in [7, 11) is 0. The molecule has 0 saturated heterocycles. The predicted molar refractivity (Wildman–Crippen MR) is 78.1 cm³/mol. The molecule has 0 saturated carbocycles. The minimum absolute atomic E-state index is 0.130. The first-order valence-electron chi connectivity index (χ1n) is 5.89. The molecule has 0 atom stereocenters. The van der Waals surface area contributed by atoms with Crippen molar-refractivity contribution in [1.82, 2.24) is 9.97 Å². The van der Waals surface area contributed by atoms with E-state index in [0.717, 1.165) is 0 Å². The van der Waals surface area contributed by atoms with Gasteiger partial charge in [0.05, 0.1) is 10.7 Å². The van der Waals surface area contributed by atoms with E-state index in [9.17, 15) is 4.79 Å². The topological polar surface area (TPSA) is 83.8 Å². The van der Waals surface area contributed by atoms with E-state index in [1.165, 1.54) is 6.07 Å². The number of aromatic amines is 1. The Balaban J connectivity index is 2.38. The molecule has 0 unspecified atom stereocenters. The number of rotatable bonds is 3. The van der Waals surface area contributed by atoms with Crippen LogP contribution >= 0.6 is 11.6 Å². The first-order chi connectivity index (χ1) is 8.95. The number of nitrogens with one attached hydrogen (secondary N) is 2. The van der Waals surface area contributed by atoms with Crippen molar-refractivity contribution in [3.8, 4) is 0 Å². The van der Waals surface area contributed by atoms with Crippen LogP contribution in [-0.4, -0.2) is 9.97 Å². The molecule has 0 aliphatic heterocycles. The Hall–Kier alpha value is -2.01. The van der Waals surface area contributed by atoms with Crippen molar-refractivity contribution >= 4 is 28.8 Å². The maximum atomic E-state index is 11.6. The molecule has 0 amide bonds. The zero-order chi connectivity index (χ0) is 14.0. The van der Waals surface area contributed by atoms with E-state index in [0.29, 0.717) is 28.0 Å². The van der Waals surface area contributed by atoms with E-state index in [1.807, 2.05) is 13.8 Å². The SMILES string of the molecule is CC(C)c1nc(Nc2cc(N)ccc2Cl)cc(=O)[nH]1. The van der Waals surface area contributed by atoms with Crippen LogP contribution in [0, 0.1) is 0 Å². The maximum absolute atomic E-state index is 11.6.